The minimum Gasteiger partial charge on any atom is -0.481 e. The van der Waals surface area contributed by atoms with Gasteiger partial charge in [0.1, 0.15) is 5.82 Å². The standard InChI is InChI=1S/C17H19FN2O3S/c1-9-7-10(5-6-11(9)18)14-12(8-13(21)22)24-16(19-14)20-15(23)17(2,3)4/h5-7H,8H2,1-4H3,(H,21,22)(H,19,20,23). The third kappa shape index (κ3) is 4.17. The Hall–Kier alpha value is -2.28. The number of carbonyl (C=O) groups excluding carboxylic acids is 1. The number of anilines is 1. The zero-order chi connectivity index (χ0) is 18.1. The predicted molar refractivity (Wildman–Crippen MR) is 91.7 cm³/mol. The third-order valence-corrected chi connectivity index (χ3v) is 4.31. The molecule has 0 unspecified atom stereocenters. The molecule has 0 aliphatic rings. The van der Waals surface area contributed by atoms with Crippen LogP contribution in [-0.4, -0.2) is 22.0 Å². The smallest absolute Gasteiger partial charge is 0.308 e. The summed E-state index contributed by atoms with van der Waals surface area (Å²) < 4.78 is 13.5. The molecule has 1 aromatic heterocycles. The Morgan fingerprint density at radius 2 is 2.00 bits per heavy atom. The number of halogens is 1. The van der Waals surface area contributed by atoms with Crippen molar-refractivity contribution in [2.75, 3.05) is 5.32 Å². The summed E-state index contributed by atoms with van der Waals surface area (Å²) >= 11 is 1.12. The van der Waals surface area contributed by atoms with Gasteiger partial charge in [0, 0.05) is 15.9 Å². The molecule has 1 heterocycles. The van der Waals surface area contributed by atoms with Gasteiger partial charge in [-0.2, -0.15) is 0 Å². The van der Waals surface area contributed by atoms with Gasteiger partial charge in [-0.15, -0.1) is 11.3 Å². The highest BCUT2D eigenvalue weighted by molar-refractivity contribution is 7.16. The maximum atomic E-state index is 13.5. The van der Waals surface area contributed by atoms with Gasteiger partial charge in [-0.25, -0.2) is 9.37 Å². The summed E-state index contributed by atoms with van der Waals surface area (Å²) in [5, 5.41) is 12.1. The van der Waals surface area contributed by atoms with Crippen LogP contribution in [0.1, 0.15) is 31.2 Å². The lowest BCUT2D eigenvalue weighted by Gasteiger charge is -2.15. The van der Waals surface area contributed by atoms with Crippen LogP contribution in [0.25, 0.3) is 11.3 Å². The topological polar surface area (TPSA) is 79.3 Å². The van der Waals surface area contributed by atoms with E-state index in [0.29, 0.717) is 26.8 Å². The molecule has 0 bridgehead atoms. The molecule has 0 saturated heterocycles. The lowest BCUT2D eigenvalue weighted by Crippen LogP contribution is -2.27. The van der Waals surface area contributed by atoms with Crippen LogP contribution in [0.3, 0.4) is 0 Å². The van der Waals surface area contributed by atoms with Gasteiger partial charge in [0.2, 0.25) is 5.91 Å². The monoisotopic (exact) mass is 350 g/mol. The Kier molecular flexibility index (Phi) is 5.03. The maximum Gasteiger partial charge on any atom is 0.308 e. The highest BCUT2D eigenvalue weighted by Gasteiger charge is 2.24. The number of carboxylic acids is 1. The first-order chi connectivity index (χ1) is 11.1. The molecule has 0 spiro atoms. The van der Waals surface area contributed by atoms with Crippen molar-refractivity contribution in [2.24, 2.45) is 5.41 Å². The van der Waals surface area contributed by atoms with E-state index in [4.69, 9.17) is 5.11 Å². The second-order valence-corrected chi connectivity index (χ2v) is 7.61. The number of hydrogen-bond acceptors (Lipinski definition) is 4. The number of aryl methyl sites for hydroxylation is 1. The highest BCUT2D eigenvalue weighted by atomic mass is 32.1. The minimum absolute atomic E-state index is 0.208. The van der Waals surface area contributed by atoms with E-state index >= 15 is 0 Å². The van der Waals surface area contributed by atoms with Crippen molar-refractivity contribution in [3.63, 3.8) is 0 Å². The van der Waals surface area contributed by atoms with E-state index in [1.54, 1.807) is 39.8 Å². The zero-order valence-electron chi connectivity index (χ0n) is 13.9. The molecular formula is C17H19FN2O3S. The molecule has 7 heteroatoms. The van der Waals surface area contributed by atoms with E-state index in [0.717, 1.165) is 11.3 Å². The summed E-state index contributed by atoms with van der Waals surface area (Å²) in [6.45, 7) is 6.96. The number of amides is 1. The number of thiazole rings is 1. The van der Waals surface area contributed by atoms with Crippen molar-refractivity contribution in [3.05, 3.63) is 34.5 Å². The minimum atomic E-state index is -0.993. The largest absolute Gasteiger partial charge is 0.481 e. The van der Waals surface area contributed by atoms with Crippen LogP contribution in [0.5, 0.6) is 0 Å². The van der Waals surface area contributed by atoms with Crippen molar-refractivity contribution in [2.45, 2.75) is 34.1 Å². The third-order valence-electron chi connectivity index (χ3n) is 3.34. The number of carboxylic acid groups (broad SMARTS) is 1. The highest BCUT2D eigenvalue weighted by Crippen LogP contribution is 2.33. The fourth-order valence-corrected chi connectivity index (χ4v) is 2.93. The lowest BCUT2D eigenvalue weighted by molar-refractivity contribution is -0.136. The first-order valence-corrected chi connectivity index (χ1v) is 8.19. The second kappa shape index (κ2) is 6.68. The quantitative estimate of drug-likeness (QED) is 0.877. The lowest BCUT2D eigenvalue weighted by atomic mass is 9.96. The molecule has 2 rings (SSSR count). The van der Waals surface area contributed by atoms with Crippen molar-refractivity contribution >= 4 is 28.3 Å². The van der Waals surface area contributed by atoms with Crippen molar-refractivity contribution in [1.82, 2.24) is 4.98 Å². The van der Waals surface area contributed by atoms with E-state index in [1.807, 2.05) is 0 Å². The van der Waals surface area contributed by atoms with Gasteiger partial charge in [-0.05, 0) is 30.7 Å². The van der Waals surface area contributed by atoms with Crippen molar-refractivity contribution in [1.29, 1.82) is 0 Å². The van der Waals surface area contributed by atoms with E-state index in [9.17, 15) is 14.0 Å². The Bertz CT molecular complexity index is 794. The average molecular weight is 350 g/mol. The zero-order valence-corrected chi connectivity index (χ0v) is 14.8. The van der Waals surface area contributed by atoms with Gasteiger partial charge in [-0.1, -0.05) is 20.8 Å². The van der Waals surface area contributed by atoms with E-state index < -0.39 is 11.4 Å². The Labute approximate surface area is 143 Å². The molecule has 5 nitrogen and oxygen atoms in total. The molecule has 0 saturated carbocycles. The van der Waals surface area contributed by atoms with E-state index in [-0.39, 0.29) is 18.1 Å². The number of nitrogens with zero attached hydrogens (tertiary/aromatic N) is 1. The van der Waals surface area contributed by atoms with Gasteiger partial charge in [0.15, 0.2) is 5.13 Å². The van der Waals surface area contributed by atoms with Crippen molar-refractivity contribution < 1.29 is 19.1 Å². The van der Waals surface area contributed by atoms with E-state index in [1.165, 1.54) is 6.07 Å². The molecule has 0 fully saturated rings. The van der Waals surface area contributed by atoms with Gasteiger partial charge < -0.3 is 10.4 Å². The fraction of sp³-hybridized carbons (Fsp3) is 0.353. The van der Waals surface area contributed by atoms with Crippen LogP contribution in [0, 0.1) is 18.2 Å². The molecule has 0 aliphatic carbocycles. The number of hydrogen-bond donors (Lipinski definition) is 2. The Morgan fingerprint density at radius 3 is 2.54 bits per heavy atom. The number of rotatable bonds is 4. The number of nitrogens with one attached hydrogen (secondary N) is 1. The summed E-state index contributed by atoms with van der Waals surface area (Å²) in [7, 11) is 0. The molecule has 1 aromatic carbocycles. The van der Waals surface area contributed by atoms with Crippen LogP contribution in [0.15, 0.2) is 18.2 Å². The van der Waals surface area contributed by atoms with Crippen LogP contribution in [0.2, 0.25) is 0 Å². The number of aromatic nitrogens is 1. The molecular weight excluding hydrogens is 331 g/mol. The summed E-state index contributed by atoms with van der Waals surface area (Å²) in [5.41, 5.74) is 0.931. The SMILES string of the molecule is Cc1cc(-c2nc(NC(=O)C(C)(C)C)sc2CC(=O)O)ccc1F. The molecule has 0 atom stereocenters. The predicted octanol–water partition coefficient (Wildman–Crippen LogP) is 3.87. The normalized spacial score (nSPS) is 11.4. The number of benzene rings is 1. The second-order valence-electron chi connectivity index (χ2n) is 6.53. The average Bonchev–Trinajstić information content (AvgIpc) is 2.82. The summed E-state index contributed by atoms with van der Waals surface area (Å²) in [6.07, 6.45) is -0.213. The van der Waals surface area contributed by atoms with Crippen LogP contribution >= 0.6 is 11.3 Å². The fourth-order valence-electron chi connectivity index (χ4n) is 1.96. The molecule has 24 heavy (non-hydrogen) atoms. The first kappa shape index (κ1) is 18.1. The molecule has 2 N–H and O–H groups in total. The molecule has 1 amide bonds. The van der Waals surface area contributed by atoms with Crippen molar-refractivity contribution in [3.8, 4) is 11.3 Å². The van der Waals surface area contributed by atoms with Crippen LogP contribution in [0.4, 0.5) is 9.52 Å². The number of carbonyl (C=O) groups is 2. The summed E-state index contributed by atoms with van der Waals surface area (Å²) in [4.78, 5) is 28.1. The summed E-state index contributed by atoms with van der Waals surface area (Å²) in [6, 6.07) is 4.49. The first-order valence-electron chi connectivity index (χ1n) is 7.37. The Balaban J connectivity index is 2.43. The van der Waals surface area contributed by atoms with E-state index in [2.05, 4.69) is 10.3 Å². The molecule has 128 valence electrons. The van der Waals surface area contributed by atoms with Crippen LogP contribution in [-0.2, 0) is 16.0 Å². The molecule has 0 aliphatic heterocycles. The maximum absolute atomic E-state index is 13.5. The van der Waals surface area contributed by atoms with Gasteiger partial charge >= 0.3 is 5.97 Å². The summed E-state index contributed by atoms with van der Waals surface area (Å²) in [5.74, 6) is -1.54. The number of aliphatic carboxylic acids is 1. The van der Waals surface area contributed by atoms with Crippen LogP contribution < -0.4 is 5.32 Å². The Morgan fingerprint density at radius 1 is 1.33 bits per heavy atom. The van der Waals surface area contributed by atoms with Gasteiger partial charge in [0.25, 0.3) is 0 Å². The van der Waals surface area contributed by atoms with Gasteiger partial charge in [-0.3, -0.25) is 9.59 Å². The van der Waals surface area contributed by atoms with Gasteiger partial charge in [0.05, 0.1) is 12.1 Å². The molecule has 2 aromatic rings. The molecule has 0 radical (unpaired) electrons.